The summed E-state index contributed by atoms with van der Waals surface area (Å²) in [4.78, 5) is 4.32. The van der Waals surface area contributed by atoms with Crippen LogP contribution >= 0.6 is 0 Å². The van der Waals surface area contributed by atoms with Crippen molar-refractivity contribution < 1.29 is 9.84 Å². The molecule has 6 nitrogen and oxygen atoms in total. The van der Waals surface area contributed by atoms with Crippen LogP contribution in [-0.2, 0) is 0 Å². The summed E-state index contributed by atoms with van der Waals surface area (Å²) < 4.78 is 5.49. The Balaban J connectivity index is 0.000000847. The maximum Gasteiger partial charge on any atom is 0.132 e. The fourth-order valence-corrected chi connectivity index (χ4v) is 2.08. The second-order valence-electron chi connectivity index (χ2n) is 4.32. The molecule has 0 spiro atoms. The molecule has 0 fully saturated rings. The predicted octanol–water partition coefficient (Wildman–Crippen LogP) is 2.60. The minimum atomic E-state index is -0.0457. The van der Waals surface area contributed by atoms with Gasteiger partial charge in [-0.05, 0) is 18.2 Å². The number of aliphatic hydroxyl groups excluding tert-OH is 1. The summed E-state index contributed by atoms with van der Waals surface area (Å²) in [5.74, 6) is 1.00. The molecule has 0 atom stereocenters. The van der Waals surface area contributed by atoms with E-state index in [1.165, 1.54) is 0 Å². The number of anilines is 1. The molecule has 0 amide bonds. The fourth-order valence-electron chi connectivity index (χ4n) is 2.08. The quantitative estimate of drug-likeness (QED) is 0.688. The molecule has 0 aliphatic heterocycles. The number of rotatable bonds is 4. The van der Waals surface area contributed by atoms with Gasteiger partial charge in [0.2, 0.25) is 0 Å². The molecule has 0 radical (unpaired) electrons. The lowest BCUT2D eigenvalue weighted by molar-refractivity contribution is 0.203. The summed E-state index contributed by atoms with van der Waals surface area (Å²) in [7, 11) is 0. The van der Waals surface area contributed by atoms with E-state index in [-0.39, 0.29) is 13.2 Å². The van der Waals surface area contributed by atoms with E-state index in [4.69, 9.17) is 15.6 Å². The van der Waals surface area contributed by atoms with Gasteiger partial charge in [-0.1, -0.05) is 19.9 Å². The van der Waals surface area contributed by atoms with E-state index in [1.54, 1.807) is 12.3 Å². The smallest absolute Gasteiger partial charge is 0.132 e. The molecular weight excluding hydrogens is 280 g/mol. The summed E-state index contributed by atoms with van der Waals surface area (Å²) in [5.41, 5.74) is 8.42. The standard InChI is InChI=1S/C14H14N4O2.C2H6/c15-14-8-13(20-6-5-19)10-2-1-9(7-12(10)17-14)11-3-4-16-18-11;1-2/h1-4,7-8,19H,5-6H2,(H2,15,17)(H,16,18);1-2H3. The molecule has 0 saturated heterocycles. The van der Waals surface area contributed by atoms with Crippen LogP contribution < -0.4 is 10.5 Å². The number of aliphatic hydroxyl groups is 1. The van der Waals surface area contributed by atoms with Crippen LogP contribution in [-0.4, -0.2) is 33.5 Å². The van der Waals surface area contributed by atoms with Crippen LogP contribution in [0.5, 0.6) is 5.75 Å². The summed E-state index contributed by atoms with van der Waals surface area (Å²) in [5, 5.41) is 16.6. The van der Waals surface area contributed by atoms with E-state index >= 15 is 0 Å². The van der Waals surface area contributed by atoms with Gasteiger partial charge in [0, 0.05) is 23.2 Å². The summed E-state index contributed by atoms with van der Waals surface area (Å²) in [6.07, 6.45) is 1.70. The van der Waals surface area contributed by atoms with E-state index < -0.39 is 0 Å². The summed E-state index contributed by atoms with van der Waals surface area (Å²) >= 11 is 0. The largest absolute Gasteiger partial charge is 0.490 e. The van der Waals surface area contributed by atoms with E-state index in [0.29, 0.717) is 11.6 Å². The van der Waals surface area contributed by atoms with Gasteiger partial charge in [0.25, 0.3) is 0 Å². The van der Waals surface area contributed by atoms with Gasteiger partial charge in [-0.3, -0.25) is 5.10 Å². The molecule has 6 heteroatoms. The molecule has 22 heavy (non-hydrogen) atoms. The SMILES string of the molecule is CC.Nc1cc(OCCO)c2ccc(-c3ccn[nH]3)cc2n1. The number of aromatic nitrogens is 3. The van der Waals surface area contributed by atoms with Gasteiger partial charge in [0.1, 0.15) is 18.2 Å². The predicted molar refractivity (Wildman–Crippen MR) is 87.7 cm³/mol. The lowest BCUT2D eigenvalue weighted by Gasteiger charge is -2.09. The van der Waals surface area contributed by atoms with Crippen molar-refractivity contribution in [3.8, 4) is 17.0 Å². The second-order valence-corrected chi connectivity index (χ2v) is 4.32. The van der Waals surface area contributed by atoms with Crippen molar-refractivity contribution in [3.63, 3.8) is 0 Å². The molecule has 0 aliphatic rings. The van der Waals surface area contributed by atoms with Crippen LogP contribution in [0.15, 0.2) is 36.5 Å². The van der Waals surface area contributed by atoms with Gasteiger partial charge in [0.15, 0.2) is 0 Å². The van der Waals surface area contributed by atoms with Crippen molar-refractivity contribution in [2.24, 2.45) is 0 Å². The highest BCUT2D eigenvalue weighted by Crippen LogP contribution is 2.29. The van der Waals surface area contributed by atoms with Gasteiger partial charge < -0.3 is 15.6 Å². The Morgan fingerprint density at radius 2 is 2.05 bits per heavy atom. The van der Waals surface area contributed by atoms with E-state index in [1.807, 2.05) is 38.1 Å². The number of nitrogens with two attached hydrogens (primary N) is 1. The van der Waals surface area contributed by atoms with Crippen LogP contribution in [0, 0.1) is 0 Å². The van der Waals surface area contributed by atoms with Crippen molar-refractivity contribution in [1.29, 1.82) is 0 Å². The lowest BCUT2D eigenvalue weighted by atomic mass is 10.1. The van der Waals surface area contributed by atoms with Gasteiger partial charge in [-0.15, -0.1) is 0 Å². The lowest BCUT2D eigenvalue weighted by Crippen LogP contribution is -2.03. The Morgan fingerprint density at radius 1 is 1.23 bits per heavy atom. The first-order valence-electron chi connectivity index (χ1n) is 7.21. The van der Waals surface area contributed by atoms with Crippen molar-refractivity contribution >= 4 is 16.7 Å². The maximum absolute atomic E-state index is 8.86. The number of aromatic amines is 1. The minimum absolute atomic E-state index is 0.0457. The third-order valence-corrected chi connectivity index (χ3v) is 2.95. The molecular formula is C16H20N4O2. The first-order chi connectivity index (χ1) is 10.8. The molecule has 2 aromatic heterocycles. The molecule has 0 aliphatic carbocycles. The number of H-pyrrole nitrogens is 1. The zero-order chi connectivity index (χ0) is 15.9. The van der Waals surface area contributed by atoms with E-state index in [2.05, 4.69) is 15.2 Å². The monoisotopic (exact) mass is 300 g/mol. The Labute approximate surface area is 129 Å². The molecule has 0 saturated carbocycles. The molecule has 0 unspecified atom stereocenters. The van der Waals surface area contributed by atoms with Crippen LogP contribution in [0.1, 0.15) is 13.8 Å². The Bertz CT molecular complexity index is 726. The molecule has 3 aromatic rings. The highest BCUT2D eigenvalue weighted by Gasteiger charge is 2.08. The first-order valence-corrected chi connectivity index (χ1v) is 7.21. The van der Waals surface area contributed by atoms with Crippen LogP contribution in [0.2, 0.25) is 0 Å². The summed E-state index contributed by atoms with van der Waals surface area (Å²) in [6.45, 7) is 4.18. The Hall–Kier alpha value is -2.60. The number of hydrogen-bond acceptors (Lipinski definition) is 5. The second kappa shape index (κ2) is 7.42. The molecule has 3 rings (SSSR count). The summed E-state index contributed by atoms with van der Waals surface area (Å²) in [6, 6.07) is 9.35. The molecule has 116 valence electrons. The van der Waals surface area contributed by atoms with E-state index in [0.717, 1.165) is 22.2 Å². The molecule has 4 N–H and O–H groups in total. The van der Waals surface area contributed by atoms with Gasteiger partial charge in [0.05, 0.1) is 17.8 Å². The number of fused-ring (bicyclic) bond motifs is 1. The fraction of sp³-hybridized carbons (Fsp3) is 0.250. The molecule has 0 bridgehead atoms. The first kappa shape index (κ1) is 15.8. The van der Waals surface area contributed by atoms with Crippen molar-refractivity contribution in [1.82, 2.24) is 15.2 Å². The number of pyridine rings is 1. The zero-order valence-corrected chi connectivity index (χ0v) is 12.7. The van der Waals surface area contributed by atoms with Gasteiger partial charge >= 0.3 is 0 Å². The Kier molecular flexibility index (Phi) is 5.32. The van der Waals surface area contributed by atoms with Gasteiger partial charge in [-0.25, -0.2) is 4.98 Å². The highest BCUT2D eigenvalue weighted by molar-refractivity contribution is 5.89. The number of nitrogens with zero attached hydrogens (tertiary/aromatic N) is 2. The number of benzene rings is 1. The van der Waals surface area contributed by atoms with E-state index in [9.17, 15) is 0 Å². The molecule has 2 heterocycles. The van der Waals surface area contributed by atoms with Crippen LogP contribution in [0.4, 0.5) is 5.82 Å². The van der Waals surface area contributed by atoms with Crippen molar-refractivity contribution in [2.45, 2.75) is 13.8 Å². The average molecular weight is 300 g/mol. The number of nitrogen functional groups attached to an aromatic ring is 1. The van der Waals surface area contributed by atoms with Crippen molar-refractivity contribution in [2.75, 3.05) is 18.9 Å². The normalized spacial score (nSPS) is 10.1. The molecule has 1 aromatic carbocycles. The highest BCUT2D eigenvalue weighted by atomic mass is 16.5. The number of ether oxygens (including phenoxy) is 1. The third-order valence-electron chi connectivity index (χ3n) is 2.95. The average Bonchev–Trinajstić information content (AvgIpc) is 3.08. The number of nitrogens with one attached hydrogen (secondary N) is 1. The van der Waals surface area contributed by atoms with Crippen molar-refractivity contribution in [3.05, 3.63) is 36.5 Å². The van der Waals surface area contributed by atoms with Crippen LogP contribution in [0.3, 0.4) is 0 Å². The maximum atomic E-state index is 8.86. The topological polar surface area (TPSA) is 97.0 Å². The van der Waals surface area contributed by atoms with Crippen LogP contribution in [0.25, 0.3) is 22.2 Å². The third kappa shape index (κ3) is 3.35. The number of hydrogen-bond donors (Lipinski definition) is 3. The Morgan fingerprint density at radius 3 is 2.73 bits per heavy atom. The van der Waals surface area contributed by atoms with Gasteiger partial charge in [-0.2, -0.15) is 5.10 Å². The zero-order valence-electron chi connectivity index (χ0n) is 12.7. The minimum Gasteiger partial charge on any atom is -0.490 e.